The van der Waals surface area contributed by atoms with Gasteiger partial charge in [0.15, 0.2) is 0 Å². The Morgan fingerprint density at radius 1 is 1.00 bits per heavy atom. The number of rotatable bonds is 0. The van der Waals surface area contributed by atoms with Gasteiger partial charge in [-0.15, -0.1) is 0 Å². The largest absolute Gasteiger partial charge is 0 e. The van der Waals surface area contributed by atoms with Crippen molar-refractivity contribution in [2.75, 3.05) is 0 Å². The Morgan fingerprint density at radius 2 is 1.00 bits per heavy atom. The molecule has 0 spiro atoms. The molecular weight excluding hydrogens is 333 g/mol. The van der Waals surface area contributed by atoms with E-state index in [9.17, 15) is 0 Å². The first-order valence-electron chi connectivity index (χ1n) is 0. The van der Waals surface area contributed by atoms with Crippen LogP contribution in [0.15, 0.2) is 0 Å². The molecule has 17 valence electrons. The van der Waals surface area contributed by atoms with Crippen LogP contribution in [0.25, 0.3) is 0 Å². The average Bonchev–Trinajstić information content (AvgIpc) is 0. The van der Waals surface area contributed by atoms with Crippen molar-refractivity contribution in [3.63, 3.8) is 0 Å². The molecule has 0 fully saturated rings. The van der Waals surface area contributed by atoms with Gasteiger partial charge in [0.05, 0.1) is 0 Å². The molecule has 0 N–H and O–H groups in total. The summed E-state index contributed by atoms with van der Waals surface area (Å²) in [6, 6.07) is 0. The van der Waals surface area contributed by atoms with Gasteiger partial charge in [0.25, 0.3) is 0 Å². The molecule has 0 saturated carbocycles. The Bertz CT molecular complexity index is 8.00. The maximum atomic E-state index is 0. The van der Waals surface area contributed by atoms with Crippen LogP contribution in [0.3, 0.4) is 0 Å². The summed E-state index contributed by atoms with van der Waals surface area (Å²) < 4.78 is 0. The van der Waals surface area contributed by atoms with Crippen LogP contribution in [0, 0.1) is 0 Å². The summed E-state index contributed by atoms with van der Waals surface area (Å²) in [5.41, 5.74) is 0. The molecule has 7 radical (unpaired) electrons. The van der Waals surface area contributed by atoms with Crippen LogP contribution in [0.1, 0.15) is 0 Å². The van der Waals surface area contributed by atoms with E-state index in [1.54, 1.807) is 0 Å². The third kappa shape index (κ3) is 8.86. The van der Waals surface area contributed by atoms with Crippen LogP contribution in [-0.4, -0.2) is 41.3 Å². The Balaban J connectivity index is 0. The molecule has 0 aliphatic rings. The Labute approximate surface area is 87.0 Å². The fourth-order valence-corrected chi connectivity index (χ4v) is 0. The second kappa shape index (κ2) is 16.8. The predicted molar refractivity (Wildman–Crippen MR) is 11.5 cm³/mol. The zero-order valence-corrected chi connectivity index (χ0v) is 10.5. The van der Waals surface area contributed by atoms with E-state index >= 15 is 0 Å². The SMILES string of the molecule is [Al].[Mo].[Sn].[Zr]. The van der Waals surface area contributed by atoms with Gasteiger partial charge in [0, 0.05) is 88.5 Å². The Kier molecular flexibility index (Phi) is 120. The normalized spacial score (nSPS) is 0. The molecule has 0 aromatic carbocycles. The second-order valence-corrected chi connectivity index (χ2v) is 0. The van der Waals surface area contributed by atoms with Gasteiger partial charge in [-0.1, -0.05) is 0 Å². The molecule has 4 heteroatoms. The average molecular weight is 333 g/mol. The number of hydrogen-bond acceptors (Lipinski definition) is 0. The van der Waals surface area contributed by atoms with Gasteiger partial charge in [-0.2, -0.15) is 0 Å². The molecule has 0 rings (SSSR count). The maximum absolute atomic E-state index is 0. The van der Waals surface area contributed by atoms with Crippen molar-refractivity contribution in [1.82, 2.24) is 0 Å². The van der Waals surface area contributed by atoms with Crippen molar-refractivity contribution in [2.45, 2.75) is 0 Å². The van der Waals surface area contributed by atoms with E-state index in [-0.39, 0.29) is 88.5 Å². The van der Waals surface area contributed by atoms with Crippen molar-refractivity contribution in [3.8, 4) is 0 Å². The zero-order valence-electron chi connectivity index (χ0n) is 1.99. The molecule has 0 nitrogen and oxygen atoms in total. The molecule has 0 unspecified atom stereocenters. The van der Waals surface area contributed by atoms with Crippen molar-refractivity contribution in [1.29, 1.82) is 0 Å². The summed E-state index contributed by atoms with van der Waals surface area (Å²) in [5.74, 6) is 0. The van der Waals surface area contributed by atoms with Crippen LogP contribution >= 0.6 is 0 Å². The molecule has 0 aromatic rings. The monoisotopic (exact) mass is 335 g/mol. The van der Waals surface area contributed by atoms with Gasteiger partial charge >= 0.3 is 0 Å². The Morgan fingerprint density at radius 3 is 1.00 bits per heavy atom. The van der Waals surface area contributed by atoms with Crippen molar-refractivity contribution >= 4 is 41.3 Å². The minimum atomic E-state index is 0. The third-order valence-electron chi connectivity index (χ3n) is 0. The summed E-state index contributed by atoms with van der Waals surface area (Å²) in [4.78, 5) is 0. The minimum Gasteiger partial charge on any atom is 0 e. The van der Waals surface area contributed by atoms with Crippen LogP contribution < -0.4 is 0 Å². The molecule has 0 heterocycles. The summed E-state index contributed by atoms with van der Waals surface area (Å²) in [5, 5.41) is 0. The summed E-state index contributed by atoms with van der Waals surface area (Å²) in [7, 11) is 0. The van der Waals surface area contributed by atoms with E-state index < -0.39 is 0 Å². The van der Waals surface area contributed by atoms with Gasteiger partial charge in [-0.25, -0.2) is 0 Å². The fourth-order valence-electron chi connectivity index (χ4n) is 0. The molecule has 0 aliphatic carbocycles. The van der Waals surface area contributed by atoms with E-state index in [4.69, 9.17) is 0 Å². The van der Waals surface area contributed by atoms with Crippen LogP contribution in [-0.2, 0) is 47.3 Å². The zero-order chi connectivity index (χ0) is 0. The molecule has 4 heavy (non-hydrogen) atoms. The van der Waals surface area contributed by atoms with E-state index in [0.717, 1.165) is 0 Å². The maximum Gasteiger partial charge on any atom is 0 e. The molecule has 0 aromatic heterocycles. The smallest absolute Gasteiger partial charge is 0 e. The van der Waals surface area contributed by atoms with E-state index in [1.165, 1.54) is 0 Å². The summed E-state index contributed by atoms with van der Waals surface area (Å²) in [6.45, 7) is 0. The molecule has 0 aliphatic heterocycles. The second-order valence-electron chi connectivity index (χ2n) is 0. The molecule has 0 atom stereocenters. The van der Waals surface area contributed by atoms with Gasteiger partial charge in [0.1, 0.15) is 0 Å². The first-order valence-corrected chi connectivity index (χ1v) is 0. The van der Waals surface area contributed by atoms with Crippen molar-refractivity contribution in [2.24, 2.45) is 0 Å². The van der Waals surface area contributed by atoms with Gasteiger partial charge in [-0.3, -0.25) is 0 Å². The van der Waals surface area contributed by atoms with Gasteiger partial charge < -0.3 is 0 Å². The van der Waals surface area contributed by atoms with E-state index in [0.29, 0.717) is 0 Å². The Hall–Kier alpha value is 2.90. The van der Waals surface area contributed by atoms with E-state index in [1.807, 2.05) is 0 Å². The summed E-state index contributed by atoms with van der Waals surface area (Å²) in [6.07, 6.45) is 0. The first-order chi connectivity index (χ1) is 0. The van der Waals surface area contributed by atoms with E-state index in [2.05, 4.69) is 0 Å². The van der Waals surface area contributed by atoms with Gasteiger partial charge in [-0.05, 0) is 0 Å². The first kappa shape index (κ1) is 28.5. The van der Waals surface area contributed by atoms with Crippen molar-refractivity contribution < 1.29 is 47.3 Å². The van der Waals surface area contributed by atoms with Crippen LogP contribution in [0.2, 0.25) is 0 Å². The predicted octanol–water partition coefficient (Wildman–Crippen LogP) is -0.767. The summed E-state index contributed by atoms with van der Waals surface area (Å²) >= 11 is 0. The van der Waals surface area contributed by atoms with Crippen LogP contribution in [0.4, 0.5) is 0 Å². The fraction of sp³-hybridized carbons (Fsp3) is 0. The van der Waals surface area contributed by atoms with Crippen molar-refractivity contribution in [3.05, 3.63) is 0 Å². The molecule has 0 amide bonds. The minimum absolute atomic E-state index is 0. The standard InChI is InChI=1S/Al.Mo.Sn.Zr. The quantitative estimate of drug-likeness (QED) is 0.511. The number of hydrogen-bond donors (Lipinski definition) is 0. The molecule has 0 bridgehead atoms. The molecule has 0 saturated heterocycles. The topological polar surface area (TPSA) is 0 Å². The van der Waals surface area contributed by atoms with Gasteiger partial charge in [0.2, 0.25) is 0 Å². The third-order valence-corrected chi connectivity index (χ3v) is 0. The van der Waals surface area contributed by atoms with Crippen LogP contribution in [0.5, 0.6) is 0 Å². The molecular formula is AlMoSnZr.